The second kappa shape index (κ2) is 36.9. The molecule has 0 fully saturated rings. The lowest BCUT2D eigenvalue weighted by Crippen LogP contribution is -2.50. The summed E-state index contributed by atoms with van der Waals surface area (Å²) in [6.07, 6.45) is 41.8. The van der Waals surface area contributed by atoms with Gasteiger partial charge in [-0.1, -0.05) is 187 Å². The second-order valence-electron chi connectivity index (χ2n) is 14.2. The molecular formula is C41H81NO4. The van der Waals surface area contributed by atoms with Crippen LogP contribution in [-0.4, -0.2) is 46.1 Å². The number of rotatable bonds is 37. The molecule has 0 radical (unpaired) electrons. The van der Waals surface area contributed by atoms with Crippen molar-refractivity contribution in [2.75, 3.05) is 6.61 Å². The summed E-state index contributed by atoms with van der Waals surface area (Å²) in [5, 5.41) is 33.3. The van der Waals surface area contributed by atoms with Crippen LogP contribution in [-0.2, 0) is 4.79 Å². The van der Waals surface area contributed by atoms with Gasteiger partial charge in [0.25, 0.3) is 0 Å². The highest BCUT2D eigenvalue weighted by atomic mass is 16.3. The molecule has 0 saturated heterocycles. The quantitative estimate of drug-likeness (QED) is 0.0397. The number of unbranched alkanes of at least 4 members (excludes halogenated alkanes) is 27. The van der Waals surface area contributed by atoms with E-state index in [1.54, 1.807) is 0 Å². The Labute approximate surface area is 287 Å². The SMILES string of the molecule is CCCCCCCCCCCCC/C=C\CCCCCCCCCC(=O)NC(CO)C(O)C(O)CCCCCCCCCCCC. The fraction of sp³-hybridized carbons (Fsp3) is 0.927. The monoisotopic (exact) mass is 652 g/mol. The number of amides is 1. The zero-order valence-electron chi connectivity index (χ0n) is 31.0. The Hall–Kier alpha value is -0.910. The van der Waals surface area contributed by atoms with E-state index in [0.717, 1.165) is 38.5 Å². The van der Waals surface area contributed by atoms with Gasteiger partial charge in [0.1, 0.15) is 6.10 Å². The molecule has 0 aliphatic heterocycles. The van der Waals surface area contributed by atoms with Crippen molar-refractivity contribution in [3.05, 3.63) is 12.2 Å². The molecule has 274 valence electrons. The van der Waals surface area contributed by atoms with Crippen LogP contribution in [0.2, 0.25) is 0 Å². The van der Waals surface area contributed by atoms with Gasteiger partial charge < -0.3 is 20.6 Å². The zero-order chi connectivity index (χ0) is 33.8. The van der Waals surface area contributed by atoms with Crippen LogP contribution in [0.4, 0.5) is 0 Å². The first-order valence-corrected chi connectivity index (χ1v) is 20.5. The molecule has 0 aliphatic rings. The van der Waals surface area contributed by atoms with Crippen LogP contribution in [0.1, 0.15) is 219 Å². The molecule has 0 aromatic rings. The maximum Gasteiger partial charge on any atom is 0.220 e. The number of carbonyl (C=O) groups is 1. The molecule has 0 rings (SSSR count). The average molecular weight is 652 g/mol. The molecule has 0 spiro atoms. The van der Waals surface area contributed by atoms with E-state index < -0.39 is 18.2 Å². The van der Waals surface area contributed by atoms with Crippen molar-refractivity contribution < 1.29 is 20.1 Å². The Morgan fingerprint density at radius 2 is 0.870 bits per heavy atom. The fourth-order valence-corrected chi connectivity index (χ4v) is 6.39. The second-order valence-corrected chi connectivity index (χ2v) is 14.2. The fourth-order valence-electron chi connectivity index (χ4n) is 6.39. The molecule has 0 bridgehead atoms. The molecule has 5 nitrogen and oxygen atoms in total. The summed E-state index contributed by atoms with van der Waals surface area (Å²) >= 11 is 0. The highest BCUT2D eigenvalue weighted by Gasteiger charge is 2.26. The highest BCUT2D eigenvalue weighted by molar-refractivity contribution is 5.76. The van der Waals surface area contributed by atoms with E-state index in [2.05, 4.69) is 31.3 Å². The van der Waals surface area contributed by atoms with Gasteiger partial charge in [0, 0.05) is 6.42 Å². The lowest BCUT2D eigenvalue weighted by molar-refractivity contribution is -0.124. The molecule has 1 amide bonds. The molecule has 3 unspecified atom stereocenters. The molecule has 0 heterocycles. The van der Waals surface area contributed by atoms with E-state index in [9.17, 15) is 20.1 Å². The number of nitrogens with one attached hydrogen (secondary N) is 1. The van der Waals surface area contributed by atoms with Crippen molar-refractivity contribution >= 4 is 5.91 Å². The van der Waals surface area contributed by atoms with E-state index >= 15 is 0 Å². The van der Waals surface area contributed by atoms with Crippen molar-refractivity contribution in [3.63, 3.8) is 0 Å². The van der Waals surface area contributed by atoms with E-state index in [1.807, 2.05) is 0 Å². The molecule has 0 saturated carbocycles. The van der Waals surface area contributed by atoms with Gasteiger partial charge in [0.05, 0.1) is 18.8 Å². The van der Waals surface area contributed by atoms with Crippen LogP contribution in [0.15, 0.2) is 12.2 Å². The number of carbonyl (C=O) groups excluding carboxylic acids is 1. The van der Waals surface area contributed by atoms with Crippen molar-refractivity contribution in [3.8, 4) is 0 Å². The van der Waals surface area contributed by atoms with Crippen molar-refractivity contribution in [2.45, 2.75) is 238 Å². The number of allylic oxidation sites excluding steroid dienone is 2. The maximum absolute atomic E-state index is 12.4. The Morgan fingerprint density at radius 1 is 0.522 bits per heavy atom. The van der Waals surface area contributed by atoms with Crippen molar-refractivity contribution in [1.82, 2.24) is 5.32 Å². The van der Waals surface area contributed by atoms with Gasteiger partial charge in [-0.15, -0.1) is 0 Å². The number of hydrogen-bond acceptors (Lipinski definition) is 4. The molecule has 3 atom stereocenters. The van der Waals surface area contributed by atoms with E-state index in [4.69, 9.17) is 0 Å². The molecule has 0 aromatic heterocycles. The summed E-state index contributed by atoms with van der Waals surface area (Å²) in [6, 6.07) is -0.806. The zero-order valence-corrected chi connectivity index (χ0v) is 31.0. The van der Waals surface area contributed by atoms with Gasteiger partial charge in [0.2, 0.25) is 5.91 Å². The third kappa shape index (κ3) is 31.7. The van der Waals surface area contributed by atoms with Gasteiger partial charge in [-0.25, -0.2) is 0 Å². The Morgan fingerprint density at radius 3 is 1.26 bits per heavy atom. The van der Waals surface area contributed by atoms with E-state index in [0.29, 0.717) is 12.8 Å². The van der Waals surface area contributed by atoms with Crippen LogP contribution in [0.25, 0.3) is 0 Å². The summed E-state index contributed by atoms with van der Waals surface area (Å²) in [5.41, 5.74) is 0. The normalized spacial score (nSPS) is 13.8. The van der Waals surface area contributed by atoms with Crippen molar-refractivity contribution in [1.29, 1.82) is 0 Å². The third-order valence-corrected chi connectivity index (χ3v) is 9.62. The Kier molecular flexibility index (Phi) is 36.2. The lowest BCUT2D eigenvalue weighted by Gasteiger charge is -2.26. The van der Waals surface area contributed by atoms with Crippen LogP contribution < -0.4 is 5.32 Å². The van der Waals surface area contributed by atoms with Crippen LogP contribution in [0.5, 0.6) is 0 Å². The first kappa shape index (κ1) is 45.1. The Bertz CT molecular complexity index is 640. The predicted octanol–water partition coefficient (Wildman–Crippen LogP) is 11.3. The molecule has 4 N–H and O–H groups in total. The van der Waals surface area contributed by atoms with Gasteiger partial charge in [-0.05, 0) is 38.5 Å². The topological polar surface area (TPSA) is 89.8 Å². The minimum atomic E-state index is -1.13. The first-order valence-electron chi connectivity index (χ1n) is 20.5. The summed E-state index contributed by atoms with van der Waals surface area (Å²) in [5.74, 6) is -0.149. The van der Waals surface area contributed by atoms with Crippen LogP contribution >= 0.6 is 0 Å². The standard InChI is InChI=1S/C41H81NO4/c1-3-5-7-9-11-13-15-16-17-18-19-20-21-22-23-24-25-26-28-30-32-34-36-40(45)42-38(37-43)41(46)39(44)35-33-31-29-27-14-12-10-8-6-4-2/h21-22,38-39,41,43-44,46H,3-20,23-37H2,1-2H3,(H,42,45)/b22-21-. The summed E-state index contributed by atoms with van der Waals surface area (Å²) < 4.78 is 0. The summed E-state index contributed by atoms with van der Waals surface area (Å²) in [6.45, 7) is 4.16. The van der Waals surface area contributed by atoms with Crippen molar-refractivity contribution in [2.24, 2.45) is 0 Å². The Balaban J connectivity index is 3.59. The van der Waals surface area contributed by atoms with Gasteiger partial charge in [-0.3, -0.25) is 4.79 Å². The minimum Gasteiger partial charge on any atom is -0.394 e. The average Bonchev–Trinajstić information content (AvgIpc) is 3.06. The maximum atomic E-state index is 12.4. The highest BCUT2D eigenvalue weighted by Crippen LogP contribution is 2.16. The molecule has 0 aromatic carbocycles. The molecular weight excluding hydrogens is 570 g/mol. The number of aliphatic hydroxyl groups excluding tert-OH is 3. The molecule has 5 heteroatoms. The summed E-state index contributed by atoms with van der Waals surface area (Å²) in [7, 11) is 0. The van der Waals surface area contributed by atoms with Crippen LogP contribution in [0, 0.1) is 0 Å². The largest absolute Gasteiger partial charge is 0.394 e. The molecule has 0 aliphatic carbocycles. The van der Waals surface area contributed by atoms with Gasteiger partial charge in [0.15, 0.2) is 0 Å². The third-order valence-electron chi connectivity index (χ3n) is 9.62. The predicted molar refractivity (Wildman–Crippen MR) is 199 cm³/mol. The first-order chi connectivity index (χ1) is 22.6. The minimum absolute atomic E-state index is 0.149. The smallest absolute Gasteiger partial charge is 0.220 e. The number of hydrogen-bond donors (Lipinski definition) is 4. The van der Waals surface area contributed by atoms with Gasteiger partial charge in [-0.2, -0.15) is 0 Å². The van der Waals surface area contributed by atoms with E-state index in [1.165, 1.54) is 154 Å². The number of aliphatic hydroxyl groups is 3. The molecule has 46 heavy (non-hydrogen) atoms. The van der Waals surface area contributed by atoms with Gasteiger partial charge >= 0.3 is 0 Å². The van der Waals surface area contributed by atoms with E-state index in [-0.39, 0.29) is 12.5 Å². The lowest BCUT2D eigenvalue weighted by atomic mass is 9.99. The summed E-state index contributed by atoms with van der Waals surface area (Å²) in [4.78, 5) is 12.4. The van der Waals surface area contributed by atoms with Crippen LogP contribution in [0.3, 0.4) is 0 Å².